The molecule has 0 spiro atoms. The molecule has 4 heteroatoms. The van der Waals surface area contributed by atoms with Crippen LogP contribution in [0.4, 0.5) is 0 Å². The Morgan fingerprint density at radius 3 is 1.55 bits per heavy atom. The van der Waals surface area contributed by atoms with Crippen LogP contribution in [0.15, 0.2) is 164 Å². The van der Waals surface area contributed by atoms with Crippen LogP contribution in [0, 0.1) is 0 Å². The smallest absolute Gasteiger partial charge is 0.164 e. The Labute approximate surface area is 276 Å². The molecule has 0 N–H and O–H groups in total. The maximum Gasteiger partial charge on any atom is 0.164 e. The summed E-state index contributed by atoms with van der Waals surface area (Å²) in [6.45, 7) is 0. The second-order valence-electron chi connectivity index (χ2n) is 11.6. The predicted molar refractivity (Wildman–Crippen MR) is 197 cm³/mol. The topological polar surface area (TPSA) is 38.7 Å². The summed E-state index contributed by atoms with van der Waals surface area (Å²) in [7, 11) is 0. The number of benzene rings is 7. The molecule has 3 nitrogen and oxygen atoms in total. The van der Waals surface area contributed by atoms with Crippen molar-refractivity contribution in [1.29, 1.82) is 0 Å². The first-order chi connectivity index (χ1) is 23.3. The molecule has 0 aliphatic carbocycles. The number of thiophene rings is 1. The maximum absolute atomic E-state index is 5.23. The van der Waals surface area contributed by atoms with Gasteiger partial charge in [0.2, 0.25) is 0 Å². The van der Waals surface area contributed by atoms with Gasteiger partial charge in [-0.2, -0.15) is 0 Å². The minimum absolute atomic E-state index is 0.651. The van der Waals surface area contributed by atoms with Gasteiger partial charge in [0.1, 0.15) is 0 Å². The van der Waals surface area contributed by atoms with Gasteiger partial charge < -0.3 is 0 Å². The first-order valence-corrected chi connectivity index (χ1v) is 16.5. The molecule has 0 radical (unpaired) electrons. The third-order valence-electron chi connectivity index (χ3n) is 8.75. The van der Waals surface area contributed by atoms with Crippen molar-refractivity contribution in [3.63, 3.8) is 0 Å². The summed E-state index contributed by atoms with van der Waals surface area (Å²) >= 11 is 1.83. The van der Waals surface area contributed by atoms with Crippen molar-refractivity contribution < 1.29 is 0 Å². The standard InChI is InChI=1S/C43H27N3S/c1-4-13-28(14-5-1)29-23-25-32(26-24-29)42-44-41(31-17-8-3-9-18-31)45-43(46-42)37-27-36-33(30-15-6-2-7-16-30)20-12-21-34(36)40-39(37)35-19-10-11-22-38(35)47-40/h1-27H. The summed E-state index contributed by atoms with van der Waals surface area (Å²) in [5.41, 5.74) is 7.62. The van der Waals surface area contributed by atoms with Crippen LogP contribution in [-0.2, 0) is 0 Å². The zero-order valence-corrected chi connectivity index (χ0v) is 26.2. The molecule has 7 aromatic carbocycles. The number of nitrogens with zero attached hydrogens (tertiary/aromatic N) is 3. The molecule has 220 valence electrons. The van der Waals surface area contributed by atoms with Gasteiger partial charge in [-0.25, -0.2) is 15.0 Å². The minimum Gasteiger partial charge on any atom is -0.208 e. The highest BCUT2D eigenvalue weighted by atomic mass is 32.1. The lowest BCUT2D eigenvalue weighted by molar-refractivity contribution is 1.08. The highest BCUT2D eigenvalue weighted by molar-refractivity contribution is 7.26. The Bertz CT molecular complexity index is 2540. The van der Waals surface area contributed by atoms with Crippen molar-refractivity contribution in [3.05, 3.63) is 164 Å². The van der Waals surface area contributed by atoms with Gasteiger partial charge in [-0.1, -0.05) is 152 Å². The summed E-state index contributed by atoms with van der Waals surface area (Å²) in [6, 6.07) is 57.3. The van der Waals surface area contributed by atoms with E-state index in [1.165, 1.54) is 47.6 Å². The largest absolute Gasteiger partial charge is 0.208 e. The number of hydrogen-bond donors (Lipinski definition) is 0. The molecule has 0 atom stereocenters. The van der Waals surface area contributed by atoms with Crippen LogP contribution < -0.4 is 0 Å². The van der Waals surface area contributed by atoms with Crippen molar-refractivity contribution in [2.45, 2.75) is 0 Å². The fourth-order valence-electron chi connectivity index (χ4n) is 6.47. The summed E-state index contributed by atoms with van der Waals surface area (Å²) in [4.78, 5) is 15.5. The molecule has 0 bridgehead atoms. The Hall–Kier alpha value is -5.97. The fourth-order valence-corrected chi connectivity index (χ4v) is 7.72. The molecule has 2 heterocycles. The Morgan fingerprint density at radius 1 is 0.340 bits per heavy atom. The lowest BCUT2D eigenvalue weighted by atomic mass is 9.94. The first kappa shape index (κ1) is 27.3. The average Bonchev–Trinajstić information content (AvgIpc) is 3.55. The molecular formula is C43H27N3S. The van der Waals surface area contributed by atoms with Crippen LogP contribution in [0.2, 0.25) is 0 Å². The number of rotatable bonds is 5. The van der Waals surface area contributed by atoms with Gasteiger partial charge in [-0.3, -0.25) is 0 Å². The van der Waals surface area contributed by atoms with Gasteiger partial charge in [0, 0.05) is 42.2 Å². The Balaban J connectivity index is 1.33. The third-order valence-corrected chi connectivity index (χ3v) is 9.95. The molecule has 0 saturated heterocycles. The van der Waals surface area contributed by atoms with Crippen molar-refractivity contribution in [1.82, 2.24) is 15.0 Å². The molecule has 9 aromatic rings. The van der Waals surface area contributed by atoms with Gasteiger partial charge in [-0.05, 0) is 39.8 Å². The summed E-state index contributed by atoms with van der Waals surface area (Å²) in [5.74, 6) is 1.97. The molecular weight excluding hydrogens is 591 g/mol. The third kappa shape index (κ3) is 4.87. The Morgan fingerprint density at radius 2 is 0.851 bits per heavy atom. The molecule has 0 amide bonds. The quantitative estimate of drug-likeness (QED) is 0.193. The van der Waals surface area contributed by atoms with E-state index in [0.29, 0.717) is 17.5 Å². The van der Waals surface area contributed by atoms with E-state index in [-0.39, 0.29) is 0 Å². The highest BCUT2D eigenvalue weighted by Gasteiger charge is 2.20. The predicted octanol–water partition coefficient (Wildman–Crippen LogP) is 11.7. The Kier molecular flexibility index (Phi) is 6.65. The van der Waals surface area contributed by atoms with Gasteiger partial charge in [0.15, 0.2) is 17.5 Å². The number of aromatic nitrogens is 3. The van der Waals surface area contributed by atoms with Crippen LogP contribution >= 0.6 is 11.3 Å². The molecule has 0 aliphatic heterocycles. The molecule has 9 rings (SSSR count). The number of hydrogen-bond acceptors (Lipinski definition) is 4. The van der Waals surface area contributed by atoms with Crippen LogP contribution in [0.1, 0.15) is 0 Å². The molecule has 0 fully saturated rings. The SMILES string of the molecule is c1ccc(-c2ccc(-c3nc(-c4ccccc4)nc(-c4cc5c(-c6ccccc6)cccc5c5sc6ccccc6c45)n3)cc2)cc1. The summed E-state index contributed by atoms with van der Waals surface area (Å²) in [6.07, 6.45) is 0. The normalized spacial score (nSPS) is 11.4. The van der Waals surface area contributed by atoms with Crippen molar-refractivity contribution in [2.24, 2.45) is 0 Å². The van der Waals surface area contributed by atoms with Crippen LogP contribution in [0.5, 0.6) is 0 Å². The zero-order chi connectivity index (χ0) is 31.2. The van der Waals surface area contributed by atoms with Crippen molar-refractivity contribution in [3.8, 4) is 56.4 Å². The van der Waals surface area contributed by atoms with Crippen molar-refractivity contribution in [2.75, 3.05) is 0 Å². The van der Waals surface area contributed by atoms with E-state index in [4.69, 9.17) is 15.0 Å². The second-order valence-corrected chi connectivity index (χ2v) is 12.7. The maximum atomic E-state index is 5.23. The van der Waals surface area contributed by atoms with E-state index in [1.807, 2.05) is 35.6 Å². The molecule has 2 aromatic heterocycles. The van der Waals surface area contributed by atoms with Gasteiger partial charge in [-0.15, -0.1) is 11.3 Å². The highest BCUT2D eigenvalue weighted by Crippen LogP contribution is 2.45. The lowest BCUT2D eigenvalue weighted by Crippen LogP contribution is -2.00. The zero-order valence-electron chi connectivity index (χ0n) is 25.3. The summed E-state index contributed by atoms with van der Waals surface area (Å²) in [5, 5.41) is 4.81. The van der Waals surface area contributed by atoms with Crippen LogP contribution in [0.3, 0.4) is 0 Å². The van der Waals surface area contributed by atoms with Crippen molar-refractivity contribution >= 4 is 42.3 Å². The monoisotopic (exact) mass is 617 g/mol. The van der Waals surface area contributed by atoms with E-state index < -0.39 is 0 Å². The first-order valence-electron chi connectivity index (χ1n) is 15.7. The molecule has 0 aliphatic rings. The second kappa shape index (κ2) is 11.4. The van der Waals surface area contributed by atoms with E-state index >= 15 is 0 Å². The van der Waals surface area contributed by atoms with Crippen LogP contribution in [0.25, 0.3) is 87.4 Å². The van der Waals surface area contributed by atoms with Gasteiger partial charge in [0.05, 0.1) is 0 Å². The molecule has 0 unspecified atom stereocenters. The van der Waals surface area contributed by atoms with E-state index in [9.17, 15) is 0 Å². The van der Waals surface area contributed by atoms with Crippen LogP contribution in [-0.4, -0.2) is 15.0 Å². The van der Waals surface area contributed by atoms with E-state index in [2.05, 4.69) is 140 Å². The van der Waals surface area contributed by atoms with E-state index in [1.54, 1.807) is 0 Å². The summed E-state index contributed by atoms with van der Waals surface area (Å²) < 4.78 is 2.49. The molecule has 0 saturated carbocycles. The van der Waals surface area contributed by atoms with E-state index in [0.717, 1.165) is 22.3 Å². The minimum atomic E-state index is 0.651. The van der Waals surface area contributed by atoms with Gasteiger partial charge in [0.25, 0.3) is 0 Å². The fraction of sp³-hybridized carbons (Fsp3) is 0. The van der Waals surface area contributed by atoms with Gasteiger partial charge >= 0.3 is 0 Å². The molecule has 47 heavy (non-hydrogen) atoms. The average molecular weight is 618 g/mol. The lowest BCUT2D eigenvalue weighted by Gasteiger charge is -2.13. The number of fused-ring (bicyclic) bond motifs is 5.